The summed E-state index contributed by atoms with van der Waals surface area (Å²) >= 11 is 0. The fourth-order valence-electron chi connectivity index (χ4n) is 4.34. The summed E-state index contributed by atoms with van der Waals surface area (Å²) in [6, 6.07) is 6.68. The standard InChI is InChI=1S/C25H21F3N4O3/c1-13-22(28)25(33)32-12-19(31-23(24(32)30-13)17-4-3-16(26)11-18(17)27)14-6-8-35-20(9-14)15-5-7-29-21(10-15)34-2/h3-5,7,10-12,14,20H,6,8-9H2,1-2H3. The van der Waals surface area contributed by atoms with Crippen LogP contribution in [0.2, 0.25) is 0 Å². The molecule has 0 radical (unpaired) electrons. The number of hydrogen-bond donors (Lipinski definition) is 0. The first-order chi connectivity index (χ1) is 16.9. The Morgan fingerprint density at radius 3 is 2.74 bits per heavy atom. The predicted octanol–water partition coefficient (Wildman–Crippen LogP) is 4.52. The zero-order valence-corrected chi connectivity index (χ0v) is 19.0. The van der Waals surface area contributed by atoms with E-state index in [1.165, 1.54) is 26.3 Å². The molecule has 10 heteroatoms. The van der Waals surface area contributed by atoms with E-state index in [0.717, 1.165) is 22.1 Å². The summed E-state index contributed by atoms with van der Waals surface area (Å²) in [7, 11) is 1.53. The normalized spacial score (nSPS) is 18.1. The van der Waals surface area contributed by atoms with E-state index in [4.69, 9.17) is 9.47 Å². The number of nitrogens with zero attached hydrogens (tertiary/aromatic N) is 4. The SMILES string of the molecule is COc1cc(C2CC(c3cn4c(=O)c(F)c(C)nc4c(-c4ccc(F)cc4F)n3)CCO2)ccn1. The van der Waals surface area contributed by atoms with Crippen LogP contribution in [0.25, 0.3) is 16.9 Å². The third-order valence-electron chi connectivity index (χ3n) is 6.17. The number of ether oxygens (including phenoxy) is 2. The van der Waals surface area contributed by atoms with E-state index < -0.39 is 23.0 Å². The molecule has 1 fully saturated rings. The van der Waals surface area contributed by atoms with E-state index in [-0.39, 0.29) is 34.6 Å². The topological polar surface area (TPSA) is 78.6 Å². The van der Waals surface area contributed by atoms with E-state index in [1.54, 1.807) is 12.3 Å². The summed E-state index contributed by atoms with van der Waals surface area (Å²) in [5, 5.41) is 0. The number of hydrogen-bond acceptors (Lipinski definition) is 6. The molecular weight excluding hydrogens is 461 g/mol. The quantitative estimate of drug-likeness (QED) is 0.426. The molecule has 0 bridgehead atoms. The van der Waals surface area contributed by atoms with Gasteiger partial charge >= 0.3 is 0 Å². The molecule has 4 aromatic rings. The predicted molar refractivity (Wildman–Crippen MR) is 121 cm³/mol. The van der Waals surface area contributed by atoms with Gasteiger partial charge in [0.25, 0.3) is 5.56 Å². The lowest BCUT2D eigenvalue weighted by atomic mass is 9.89. The lowest BCUT2D eigenvalue weighted by Gasteiger charge is -2.30. The minimum absolute atomic E-state index is 0.00867. The van der Waals surface area contributed by atoms with E-state index in [1.807, 2.05) is 6.07 Å². The number of halogens is 3. The third-order valence-corrected chi connectivity index (χ3v) is 6.17. The molecule has 1 aromatic carbocycles. The Hall–Kier alpha value is -3.79. The number of methoxy groups -OCH3 is 1. The van der Waals surface area contributed by atoms with Crippen LogP contribution >= 0.6 is 0 Å². The number of benzene rings is 1. The monoisotopic (exact) mass is 482 g/mol. The van der Waals surface area contributed by atoms with Crippen LogP contribution in [0, 0.1) is 24.4 Å². The minimum atomic E-state index is -1.00. The van der Waals surface area contributed by atoms with Crippen LogP contribution in [-0.4, -0.2) is 33.1 Å². The molecule has 2 unspecified atom stereocenters. The highest BCUT2D eigenvalue weighted by atomic mass is 19.1. The maximum absolute atomic E-state index is 14.8. The number of aryl methyl sites for hydroxylation is 1. The van der Waals surface area contributed by atoms with Crippen molar-refractivity contribution in [2.45, 2.75) is 31.8 Å². The molecule has 180 valence electrons. The van der Waals surface area contributed by atoms with Gasteiger partial charge in [0.2, 0.25) is 11.7 Å². The zero-order chi connectivity index (χ0) is 24.7. The Labute approximate surface area is 198 Å². The first kappa shape index (κ1) is 23.0. The summed E-state index contributed by atoms with van der Waals surface area (Å²) in [6.45, 7) is 1.76. The Morgan fingerprint density at radius 2 is 1.97 bits per heavy atom. The average molecular weight is 482 g/mol. The van der Waals surface area contributed by atoms with Crippen molar-refractivity contribution in [3.05, 3.63) is 87.5 Å². The van der Waals surface area contributed by atoms with Crippen LogP contribution in [0.1, 0.15) is 41.8 Å². The van der Waals surface area contributed by atoms with Gasteiger partial charge in [-0.15, -0.1) is 0 Å². The summed E-state index contributed by atoms with van der Waals surface area (Å²) in [4.78, 5) is 25.7. The largest absolute Gasteiger partial charge is 0.481 e. The second-order valence-electron chi connectivity index (χ2n) is 8.36. The Balaban J connectivity index is 1.64. The first-order valence-corrected chi connectivity index (χ1v) is 11.0. The number of rotatable bonds is 4. The van der Waals surface area contributed by atoms with E-state index in [9.17, 15) is 18.0 Å². The molecular formula is C25H21F3N4O3. The van der Waals surface area contributed by atoms with Gasteiger partial charge in [-0.2, -0.15) is 4.39 Å². The summed E-state index contributed by atoms with van der Waals surface area (Å²) < 4.78 is 55.0. The highest BCUT2D eigenvalue weighted by molar-refractivity contribution is 5.74. The fourth-order valence-corrected chi connectivity index (χ4v) is 4.34. The van der Waals surface area contributed by atoms with Crippen molar-refractivity contribution in [3.63, 3.8) is 0 Å². The Kier molecular flexibility index (Phi) is 5.98. The van der Waals surface area contributed by atoms with Gasteiger partial charge in [0.1, 0.15) is 17.3 Å². The summed E-state index contributed by atoms with van der Waals surface area (Å²) in [5.74, 6) is -2.34. The molecule has 5 rings (SSSR count). The van der Waals surface area contributed by atoms with Crippen molar-refractivity contribution in [3.8, 4) is 17.1 Å². The molecule has 35 heavy (non-hydrogen) atoms. The Morgan fingerprint density at radius 1 is 1.14 bits per heavy atom. The van der Waals surface area contributed by atoms with Crippen LogP contribution in [0.4, 0.5) is 13.2 Å². The van der Waals surface area contributed by atoms with Gasteiger partial charge in [-0.3, -0.25) is 9.20 Å². The molecule has 2 atom stereocenters. The van der Waals surface area contributed by atoms with Crippen LogP contribution < -0.4 is 10.3 Å². The smallest absolute Gasteiger partial charge is 0.294 e. The van der Waals surface area contributed by atoms with Crippen molar-refractivity contribution >= 4 is 5.65 Å². The van der Waals surface area contributed by atoms with Crippen molar-refractivity contribution in [2.75, 3.05) is 13.7 Å². The highest BCUT2D eigenvalue weighted by Gasteiger charge is 2.28. The van der Waals surface area contributed by atoms with E-state index in [0.29, 0.717) is 31.0 Å². The van der Waals surface area contributed by atoms with Gasteiger partial charge in [0.05, 0.1) is 24.6 Å². The second kappa shape index (κ2) is 9.10. The van der Waals surface area contributed by atoms with Gasteiger partial charge in [-0.05, 0) is 43.5 Å². The van der Waals surface area contributed by atoms with Crippen molar-refractivity contribution < 1.29 is 22.6 Å². The highest BCUT2D eigenvalue weighted by Crippen LogP contribution is 2.38. The van der Waals surface area contributed by atoms with Crippen LogP contribution in [-0.2, 0) is 4.74 Å². The third kappa shape index (κ3) is 4.25. The fraction of sp³-hybridized carbons (Fsp3) is 0.280. The molecule has 0 spiro atoms. The van der Waals surface area contributed by atoms with Gasteiger partial charge < -0.3 is 9.47 Å². The first-order valence-electron chi connectivity index (χ1n) is 11.0. The Bertz CT molecular complexity index is 1490. The molecule has 1 aliphatic heterocycles. The lowest BCUT2D eigenvalue weighted by molar-refractivity contribution is 0.00442. The van der Waals surface area contributed by atoms with Gasteiger partial charge in [-0.1, -0.05) is 0 Å². The van der Waals surface area contributed by atoms with E-state index in [2.05, 4.69) is 15.0 Å². The van der Waals surface area contributed by atoms with Crippen LogP contribution in [0.3, 0.4) is 0 Å². The van der Waals surface area contributed by atoms with Gasteiger partial charge in [-0.25, -0.2) is 23.7 Å². The van der Waals surface area contributed by atoms with Gasteiger partial charge in [0, 0.05) is 42.6 Å². The minimum Gasteiger partial charge on any atom is -0.481 e. The number of fused-ring (bicyclic) bond motifs is 1. The number of pyridine rings is 1. The maximum atomic E-state index is 14.8. The van der Waals surface area contributed by atoms with Crippen molar-refractivity contribution in [1.82, 2.24) is 19.4 Å². The summed E-state index contributed by atoms with van der Waals surface area (Å²) in [5.41, 5.74) is 0.268. The molecule has 0 saturated carbocycles. The zero-order valence-electron chi connectivity index (χ0n) is 19.0. The number of aromatic nitrogens is 4. The molecule has 3 aromatic heterocycles. The van der Waals surface area contributed by atoms with Crippen LogP contribution in [0.5, 0.6) is 5.88 Å². The maximum Gasteiger partial charge on any atom is 0.294 e. The molecule has 1 saturated heterocycles. The molecule has 1 aliphatic rings. The van der Waals surface area contributed by atoms with Gasteiger partial charge in [0.15, 0.2) is 5.65 Å². The lowest BCUT2D eigenvalue weighted by Crippen LogP contribution is -2.24. The summed E-state index contributed by atoms with van der Waals surface area (Å²) in [6.07, 6.45) is 3.87. The molecule has 0 aliphatic carbocycles. The van der Waals surface area contributed by atoms with Crippen LogP contribution in [0.15, 0.2) is 47.5 Å². The second-order valence-corrected chi connectivity index (χ2v) is 8.36. The molecule has 7 nitrogen and oxygen atoms in total. The van der Waals surface area contributed by atoms with Crippen molar-refractivity contribution in [2.24, 2.45) is 0 Å². The average Bonchev–Trinajstić information content (AvgIpc) is 2.87. The molecule has 4 heterocycles. The van der Waals surface area contributed by atoms with E-state index >= 15 is 0 Å². The van der Waals surface area contributed by atoms with Crippen molar-refractivity contribution in [1.29, 1.82) is 0 Å². The molecule has 0 amide bonds. The molecule has 0 N–H and O–H groups in total.